The lowest BCUT2D eigenvalue weighted by molar-refractivity contribution is 0.233. The van der Waals surface area contributed by atoms with Gasteiger partial charge in [-0.15, -0.1) is 0 Å². The van der Waals surface area contributed by atoms with Gasteiger partial charge in [-0.2, -0.15) is 0 Å². The maximum absolute atomic E-state index is 10.4. The van der Waals surface area contributed by atoms with Crippen LogP contribution in [-0.4, -0.2) is 6.61 Å². The lowest BCUT2D eigenvalue weighted by Gasteiger charge is -2.08. The van der Waals surface area contributed by atoms with Gasteiger partial charge in [0, 0.05) is 0 Å². The topological polar surface area (TPSA) is 19.9 Å². The van der Waals surface area contributed by atoms with Crippen molar-refractivity contribution in [3.63, 3.8) is 0 Å². The van der Waals surface area contributed by atoms with Gasteiger partial charge in [-0.1, -0.05) is 44.2 Å². The minimum Gasteiger partial charge on any atom is -0.232 e. The molecule has 1 heteroatoms. The quantitative estimate of drug-likeness (QED) is 0.693. The van der Waals surface area contributed by atoms with Crippen LogP contribution < -0.4 is 0 Å². The molecule has 1 radical (unpaired) electrons. The molecule has 75 valence electrons. The number of benzene rings is 1. The molecule has 0 amide bonds. The van der Waals surface area contributed by atoms with Crippen LogP contribution in [0, 0.1) is 0 Å². The molecule has 0 aliphatic heterocycles. The summed E-state index contributed by atoms with van der Waals surface area (Å²) in [6, 6.07) is 6.29. The maximum atomic E-state index is 10.4. The van der Waals surface area contributed by atoms with Crippen molar-refractivity contribution in [1.82, 2.24) is 0 Å². The zero-order chi connectivity index (χ0) is 10.4. The van der Waals surface area contributed by atoms with Crippen LogP contribution in [0.3, 0.4) is 0 Å². The van der Waals surface area contributed by atoms with Crippen molar-refractivity contribution in [2.75, 3.05) is 6.61 Å². The summed E-state index contributed by atoms with van der Waals surface area (Å²) in [5, 5.41) is 10.4. The van der Waals surface area contributed by atoms with Crippen molar-refractivity contribution < 1.29 is 5.11 Å². The summed E-state index contributed by atoms with van der Waals surface area (Å²) in [5.41, 5.74) is 3.96. The standard InChI is InChI=1S/C13H17O/c1-3-11-7-5-8-12(9-6-10-14)13(11)4-2/h5-9H,3-4,10H2,1-2H3. The molecule has 0 fully saturated rings. The van der Waals surface area contributed by atoms with Gasteiger partial charge in [0.25, 0.3) is 0 Å². The van der Waals surface area contributed by atoms with E-state index < -0.39 is 0 Å². The van der Waals surface area contributed by atoms with Crippen molar-refractivity contribution in [3.05, 3.63) is 41.0 Å². The summed E-state index contributed by atoms with van der Waals surface area (Å²) in [5.74, 6) is 0. The summed E-state index contributed by atoms with van der Waals surface area (Å²) in [6.45, 7) is 4.18. The lowest BCUT2D eigenvalue weighted by atomic mass is 9.97. The Morgan fingerprint density at radius 1 is 1.21 bits per heavy atom. The Morgan fingerprint density at radius 3 is 2.57 bits per heavy atom. The Hall–Kier alpha value is -1.08. The van der Waals surface area contributed by atoms with Crippen LogP contribution in [0.5, 0.6) is 0 Å². The predicted octanol–water partition coefficient (Wildman–Crippen LogP) is 3.26. The summed E-state index contributed by atoms with van der Waals surface area (Å²) in [4.78, 5) is 0. The molecule has 0 unspecified atom stereocenters. The fraction of sp³-hybridized carbons (Fsp3) is 0.385. The molecule has 1 rings (SSSR count). The van der Waals surface area contributed by atoms with Gasteiger partial charge < -0.3 is 0 Å². The van der Waals surface area contributed by atoms with Crippen LogP contribution in [0.15, 0.2) is 24.3 Å². The highest BCUT2D eigenvalue weighted by Gasteiger charge is 2.01. The minimum atomic E-state index is -0.139. The third-order valence-electron chi connectivity index (χ3n) is 2.44. The second-order valence-electron chi connectivity index (χ2n) is 3.26. The molecule has 0 saturated carbocycles. The van der Waals surface area contributed by atoms with E-state index in [1.807, 2.05) is 6.08 Å². The lowest BCUT2D eigenvalue weighted by Crippen LogP contribution is -1.94. The third kappa shape index (κ3) is 2.46. The molecule has 0 aliphatic carbocycles. The Labute approximate surface area is 86.1 Å². The van der Waals surface area contributed by atoms with Gasteiger partial charge in [0.15, 0.2) is 0 Å². The Morgan fingerprint density at radius 2 is 2.00 bits per heavy atom. The first-order chi connectivity index (χ1) is 6.83. The molecule has 0 bridgehead atoms. The second-order valence-corrected chi connectivity index (χ2v) is 3.26. The average molecular weight is 189 g/mol. The molecule has 14 heavy (non-hydrogen) atoms. The summed E-state index contributed by atoms with van der Waals surface area (Å²) in [6.07, 6.45) is 5.70. The predicted molar refractivity (Wildman–Crippen MR) is 59.8 cm³/mol. The first kappa shape index (κ1) is 11.0. The van der Waals surface area contributed by atoms with E-state index in [-0.39, 0.29) is 6.61 Å². The van der Waals surface area contributed by atoms with Crippen molar-refractivity contribution in [2.45, 2.75) is 26.7 Å². The maximum Gasteiger partial charge on any atom is 0.101 e. The van der Waals surface area contributed by atoms with E-state index in [2.05, 4.69) is 32.0 Å². The minimum absolute atomic E-state index is 0.139. The highest BCUT2D eigenvalue weighted by atomic mass is 16.2. The van der Waals surface area contributed by atoms with Gasteiger partial charge in [-0.3, -0.25) is 0 Å². The van der Waals surface area contributed by atoms with E-state index in [1.54, 1.807) is 6.08 Å². The summed E-state index contributed by atoms with van der Waals surface area (Å²) in [7, 11) is 0. The molecule has 0 atom stereocenters. The van der Waals surface area contributed by atoms with Gasteiger partial charge in [0.2, 0.25) is 0 Å². The van der Waals surface area contributed by atoms with Crippen molar-refractivity contribution in [2.24, 2.45) is 0 Å². The molecule has 0 aliphatic rings. The van der Waals surface area contributed by atoms with Crippen LogP contribution in [0.2, 0.25) is 0 Å². The smallest absolute Gasteiger partial charge is 0.101 e. The number of rotatable bonds is 4. The van der Waals surface area contributed by atoms with E-state index in [0.29, 0.717) is 0 Å². The Kier molecular flexibility index (Phi) is 4.41. The zero-order valence-corrected chi connectivity index (χ0v) is 8.92. The van der Waals surface area contributed by atoms with E-state index in [1.165, 1.54) is 16.7 Å². The second kappa shape index (κ2) is 5.61. The highest BCUT2D eigenvalue weighted by Crippen LogP contribution is 2.17. The van der Waals surface area contributed by atoms with Crippen LogP contribution in [0.4, 0.5) is 0 Å². The first-order valence-electron chi connectivity index (χ1n) is 5.18. The fourth-order valence-corrected chi connectivity index (χ4v) is 1.75. The molecular weight excluding hydrogens is 172 g/mol. The fourth-order valence-electron chi connectivity index (χ4n) is 1.75. The first-order valence-corrected chi connectivity index (χ1v) is 5.18. The Bertz CT molecular complexity index is 313. The molecule has 0 spiro atoms. The van der Waals surface area contributed by atoms with Crippen LogP contribution >= 0.6 is 0 Å². The van der Waals surface area contributed by atoms with Gasteiger partial charge in [-0.25, -0.2) is 5.11 Å². The van der Waals surface area contributed by atoms with Gasteiger partial charge in [0.05, 0.1) is 0 Å². The molecule has 0 aromatic heterocycles. The number of aryl methyl sites for hydroxylation is 1. The van der Waals surface area contributed by atoms with E-state index in [0.717, 1.165) is 12.8 Å². The Balaban J connectivity index is 3.08. The summed E-state index contributed by atoms with van der Waals surface area (Å²) < 4.78 is 0. The number of hydrogen-bond donors (Lipinski definition) is 0. The van der Waals surface area contributed by atoms with Crippen molar-refractivity contribution >= 4 is 6.08 Å². The largest absolute Gasteiger partial charge is 0.232 e. The molecule has 1 aromatic rings. The molecule has 0 saturated heterocycles. The van der Waals surface area contributed by atoms with Crippen LogP contribution in [0.1, 0.15) is 30.5 Å². The molecule has 1 nitrogen and oxygen atoms in total. The number of hydrogen-bond acceptors (Lipinski definition) is 0. The van der Waals surface area contributed by atoms with Crippen LogP contribution in [-0.2, 0) is 17.9 Å². The molecule has 0 N–H and O–H groups in total. The molecule has 0 heterocycles. The zero-order valence-electron chi connectivity index (χ0n) is 8.92. The van der Waals surface area contributed by atoms with E-state index in [4.69, 9.17) is 0 Å². The molecular formula is C13H17O. The van der Waals surface area contributed by atoms with Crippen molar-refractivity contribution in [3.8, 4) is 0 Å². The molecule has 1 aromatic carbocycles. The van der Waals surface area contributed by atoms with Gasteiger partial charge in [-0.05, 0) is 29.5 Å². The third-order valence-corrected chi connectivity index (χ3v) is 2.44. The van der Waals surface area contributed by atoms with E-state index in [9.17, 15) is 5.11 Å². The van der Waals surface area contributed by atoms with Crippen molar-refractivity contribution in [1.29, 1.82) is 0 Å². The highest BCUT2D eigenvalue weighted by molar-refractivity contribution is 5.56. The SMILES string of the molecule is CCc1cccc(C=CC[O])c1CC. The van der Waals surface area contributed by atoms with Gasteiger partial charge in [0.1, 0.15) is 6.61 Å². The monoisotopic (exact) mass is 189 g/mol. The normalized spacial score (nSPS) is 11.1. The average Bonchev–Trinajstić information content (AvgIpc) is 2.25. The van der Waals surface area contributed by atoms with Gasteiger partial charge >= 0.3 is 0 Å². The van der Waals surface area contributed by atoms with Crippen LogP contribution in [0.25, 0.3) is 6.08 Å². The summed E-state index contributed by atoms with van der Waals surface area (Å²) >= 11 is 0. The van der Waals surface area contributed by atoms with E-state index >= 15 is 0 Å².